The number of ether oxygens (including phenoxy) is 1. The summed E-state index contributed by atoms with van der Waals surface area (Å²) in [5, 5.41) is 14.8. The summed E-state index contributed by atoms with van der Waals surface area (Å²) in [5.74, 6) is -1.47. The Labute approximate surface area is 155 Å². The lowest BCUT2D eigenvalue weighted by Crippen LogP contribution is -2.30. The van der Waals surface area contributed by atoms with Crippen LogP contribution in [0.4, 0.5) is 5.69 Å². The molecule has 3 aromatic carbocycles. The third-order valence-electron chi connectivity index (χ3n) is 3.83. The zero-order chi connectivity index (χ0) is 18.7. The molecule has 132 valence electrons. The standard InChI is InChI=1S/C20H16ClNO4/c1-12(19(24)22-16-8-4-7-15(21)11-16)26-20(25)17-9-13-5-2-3-6-14(13)10-18(17)23/h2-12,23H,1H3,(H,22,24)/t12-/m1/s1. The van der Waals surface area contributed by atoms with E-state index in [1.165, 1.54) is 19.1 Å². The molecule has 0 spiro atoms. The summed E-state index contributed by atoms with van der Waals surface area (Å²) < 4.78 is 5.19. The number of nitrogens with one attached hydrogen (secondary N) is 1. The van der Waals surface area contributed by atoms with Gasteiger partial charge in [0.25, 0.3) is 5.91 Å². The number of benzene rings is 3. The first-order valence-corrected chi connectivity index (χ1v) is 8.31. The summed E-state index contributed by atoms with van der Waals surface area (Å²) in [5.41, 5.74) is 0.505. The zero-order valence-electron chi connectivity index (χ0n) is 13.9. The first-order valence-electron chi connectivity index (χ1n) is 7.93. The van der Waals surface area contributed by atoms with E-state index in [0.717, 1.165) is 10.8 Å². The van der Waals surface area contributed by atoms with Crippen LogP contribution in [0.3, 0.4) is 0 Å². The minimum absolute atomic E-state index is 0.00565. The van der Waals surface area contributed by atoms with Crippen LogP contribution in [-0.4, -0.2) is 23.1 Å². The van der Waals surface area contributed by atoms with Crippen LogP contribution in [0, 0.1) is 0 Å². The van der Waals surface area contributed by atoms with Crippen LogP contribution >= 0.6 is 11.6 Å². The van der Waals surface area contributed by atoms with Crippen molar-refractivity contribution >= 4 is 39.9 Å². The summed E-state index contributed by atoms with van der Waals surface area (Å²) >= 11 is 5.87. The Morgan fingerprint density at radius 2 is 1.73 bits per heavy atom. The van der Waals surface area contributed by atoms with Crippen LogP contribution in [0.2, 0.25) is 5.02 Å². The Bertz CT molecular complexity index is 986. The van der Waals surface area contributed by atoms with Crippen LogP contribution in [-0.2, 0) is 9.53 Å². The van der Waals surface area contributed by atoms with Crippen molar-refractivity contribution in [1.82, 2.24) is 0 Å². The first-order chi connectivity index (χ1) is 12.4. The van der Waals surface area contributed by atoms with Crippen molar-refractivity contribution in [3.05, 3.63) is 71.2 Å². The number of carbonyl (C=O) groups excluding carboxylic acids is 2. The SMILES string of the molecule is C[C@@H](OC(=O)c1cc2ccccc2cc1O)C(=O)Nc1cccc(Cl)c1. The molecule has 0 unspecified atom stereocenters. The summed E-state index contributed by atoms with van der Waals surface area (Å²) in [6.07, 6.45) is -1.05. The molecule has 6 heteroatoms. The molecule has 0 saturated carbocycles. The van der Waals surface area contributed by atoms with Crippen molar-refractivity contribution < 1.29 is 19.4 Å². The number of hydrogen-bond acceptors (Lipinski definition) is 4. The lowest BCUT2D eigenvalue weighted by Gasteiger charge is -2.14. The largest absolute Gasteiger partial charge is 0.507 e. The van der Waals surface area contributed by atoms with Gasteiger partial charge in [-0.1, -0.05) is 41.9 Å². The van der Waals surface area contributed by atoms with Crippen LogP contribution < -0.4 is 5.32 Å². The Morgan fingerprint density at radius 1 is 1.04 bits per heavy atom. The van der Waals surface area contributed by atoms with Gasteiger partial charge in [-0.05, 0) is 48.0 Å². The lowest BCUT2D eigenvalue weighted by molar-refractivity contribution is -0.123. The molecule has 0 aliphatic rings. The van der Waals surface area contributed by atoms with Crippen molar-refractivity contribution in [3.8, 4) is 5.75 Å². The van der Waals surface area contributed by atoms with Gasteiger partial charge in [-0.25, -0.2) is 4.79 Å². The molecule has 0 aliphatic heterocycles. The summed E-state index contributed by atoms with van der Waals surface area (Å²) in [4.78, 5) is 24.5. The summed E-state index contributed by atoms with van der Waals surface area (Å²) in [6.45, 7) is 1.45. The second kappa shape index (κ2) is 7.45. The smallest absolute Gasteiger partial charge is 0.342 e. The minimum atomic E-state index is -1.05. The van der Waals surface area contributed by atoms with E-state index >= 15 is 0 Å². The zero-order valence-corrected chi connectivity index (χ0v) is 14.7. The number of aromatic hydroxyl groups is 1. The monoisotopic (exact) mass is 369 g/mol. The molecule has 0 bridgehead atoms. The highest BCUT2D eigenvalue weighted by molar-refractivity contribution is 6.30. The fraction of sp³-hybridized carbons (Fsp3) is 0.100. The third kappa shape index (κ3) is 3.95. The summed E-state index contributed by atoms with van der Waals surface area (Å²) in [6, 6.07) is 17.0. The van der Waals surface area contributed by atoms with Crippen LogP contribution in [0.5, 0.6) is 5.75 Å². The first kappa shape index (κ1) is 17.8. The number of carbonyl (C=O) groups is 2. The Kier molecular flexibility index (Phi) is 5.09. The Morgan fingerprint density at radius 3 is 2.42 bits per heavy atom. The molecule has 1 atom stereocenters. The lowest BCUT2D eigenvalue weighted by atomic mass is 10.1. The van der Waals surface area contributed by atoms with Gasteiger partial charge in [-0.2, -0.15) is 0 Å². The maximum absolute atomic E-state index is 12.3. The number of amides is 1. The van der Waals surface area contributed by atoms with Crippen molar-refractivity contribution in [3.63, 3.8) is 0 Å². The maximum atomic E-state index is 12.3. The van der Waals surface area contributed by atoms with Gasteiger partial charge in [-0.15, -0.1) is 0 Å². The molecule has 0 aliphatic carbocycles. The molecular weight excluding hydrogens is 354 g/mol. The van der Waals surface area contributed by atoms with Crippen LogP contribution in [0.1, 0.15) is 17.3 Å². The molecular formula is C20H16ClNO4. The van der Waals surface area contributed by atoms with Crippen molar-refractivity contribution in [2.24, 2.45) is 0 Å². The fourth-order valence-electron chi connectivity index (χ4n) is 2.48. The third-order valence-corrected chi connectivity index (χ3v) is 4.06. The van der Waals surface area contributed by atoms with E-state index < -0.39 is 18.0 Å². The normalized spacial score (nSPS) is 11.8. The molecule has 0 heterocycles. The number of esters is 1. The molecule has 0 aromatic heterocycles. The minimum Gasteiger partial charge on any atom is -0.507 e. The number of rotatable bonds is 4. The molecule has 1 amide bonds. The number of phenolic OH excluding ortho intramolecular Hbond substituents is 1. The van der Waals surface area contributed by atoms with E-state index in [1.807, 2.05) is 24.3 Å². The Balaban J connectivity index is 1.72. The van der Waals surface area contributed by atoms with E-state index in [4.69, 9.17) is 16.3 Å². The average Bonchev–Trinajstić information content (AvgIpc) is 2.61. The fourth-order valence-corrected chi connectivity index (χ4v) is 2.67. The van der Waals surface area contributed by atoms with Crippen molar-refractivity contribution in [1.29, 1.82) is 0 Å². The van der Waals surface area contributed by atoms with Gasteiger partial charge in [0, 0.05) is 10.7 Å². The topological polar surface area (TPSA) is 75.6 Å². The predicted octanol–water partition coefficient (Wildman–Crippen LogP) is 4.38. The molecule has 0 fully saturated rings. The van der Waals surface area contributed by atoms with Gasteiger partial charge in [-0.3, -0.25) is 4.79 Å². The van der Waals surface area contributed by atoms with Crippen molar-refractivity contribution in [2.45, 2.75) is 13.0 Å². The van der Waals surface area contributed by atoms with Gasteiger partial charge in [0.2, 0.25) is 0 Å². The number of fused-ring (bicyclic) bond motifs is 1. The Hall–Kier alpha value is -3.05. The molecule has 0 saturated heterocycles. The van der Waals surface area contributed by atoms with Gasteiger partial charge >= 0.3 is 5.97 Å². The quantitative estimate of drug-likeness (QED) is 0.669. The predicted molar refractivity (Wildman–Crippen MR) is 101 cm³/mol. The number of anilines is 1. The maximum Gasteiger partial charge on any atom is 0.342 e. The van der Waals surface area contributed by atoms with Gasteiger partial charge < -0.3 is 15.2 Å². The van der Waals surface area contributed by atoms with E-state index in [-0.39, 0.29) is 11.3 Å². The highest BCUT2D eigenvalue weighted by Crippen LogP contribution is 2.26. The molecule has 3 aromatic rings. The second-order valence-electron chi connectivity index (χ2n) is 5.76. The van der Waals surface area contributed by atoms with Gasteiger partial charge in [0.15, 0.2) is 6.10 Å². The second-order valence-corrected chi connectivity index (χ2v) is 6.20. The van der Waals surface area contributed by atoms with E-state index in [2.05, 4.69) is 5.32 Å². The summed E-state index contributed by atoms with van der Waals surface area (Å²) in [7, 11) is 0. The molecule has 3 rings (SSSR count). The number of hydrogen-bond donors (Lipinski definition) is 2. The highest BCUT2D eigenvalue weighted by Gasteiger charge is 2.21. The van der Waals surface area contributed by atoms with Crippen molar-refractivity contribution in [2.75, 3.05) is 5.32 Å². The number of halogens is 1. The van der Waals surface area contributed by atoms with E-state index in [9.17, 15) is 14.7 Å². The van der Waals surface area contributed by atoms with Gasteiger partial charge in [0.05, 0.1) is 0 Å². The molecule has 2 N–H and O–H groups in total. The van der Waals surface area contributed by atoms with Crippen LogP contribution in [0.15, 0.2) is 60.7 Å². The highest BCUT2D eigenvalue weighted by atomic mass is 35.5. The van der Waals surface area contributed by atoms with Crippen LogP contribution in [0.25, 0.3) is 10.8 Å². The number of phenols is 1. The van der Waals surface area contributed by atoms with E-state index in [0.29, 0.717) is 10.7 Å². The average molecular weight is 370 g/mol. The molecule has 0 radical (unpaired) electrons. The molecule has 26 heavy (non-hydrogen) atoms. The van der Waals surface area contributed by atoms with Gasteiger partial charge in [0.1, 0.15) is 11.3 Å². The van der Waals surface area contributed by atoms with E-state index in [1.54, 1.807) is 24.3 Å². The molecule has 5 nitrogen and oxygen atoms in total.